The van der Waals surface area contributed by atoms with Crippen molar-refractivity contribution in [3.05, 3.63) is 83.4 Å². The number of phenolic OH excluding ortho intramolecular Hbond substituents is 3. The van der Waals surface area contributed by atoms with Crippen LogP contribution in [0.2, 0.25) is 0 Å². The van der Waals surface area contributed by atoms with Gasteiger partial charge in [-0.2, -0.15) is 0 Å². The van der Waals surface area contributed by atoms with E-state index in [2.05, 4.69) is 0 Å². The second kappa shape index (κ2) is 11.7. The Morgan fingerprint density at radius 3 is 2.32 bits per heavy atom. The Labute approximate surface area is 215 Å². The fourth-order valence-corrected chi connectivity index (χ4v) is 4.50. The molecule has 1 aliphatic heterocycles. The number of carbonyl (C=O) groups is 1. The highest BCUT2D eigenvalue weighted by Crippen LogP contribution is 2.43. The van der Waals surface area contributed by atoms with Crippen molar-refractivity contribution in [2.45, 2.75) is 12.5 Å². The summed E-state index contributed by atoms with van der Waals surface area (Å²) in [7, 11) is 2.98. The highest BCUT2D eigenvalue weighted by atomic mass is 16.5. The molecule has 1 fully saturated rings. The van der Waals surface area contributed by atoms with Crippen LogP contribution in [0.5, 0.6) is 28.7 Å². The molecule has 3 aromatic rings. The van der Waals surface area contributed by atoms with E-state index in [4.69, 9.17) is 18.9 Å². The Bertz CT molecular complexity index is 1250. The first kappa shape index (κ1) is 25.9. The summed E-state index contributed by atoms with van der Waals surface area (Å²) in [5.74, 6) is 0.294. The molecular weight excluding hydrogens is 476 g/mol. The maximum atomic E-state index is 12.5. The maximum Gasteiger partial charge on any atom is 0.330 e. The maximum absolute atomic E-state index is 12.5. The van der Waals surface area contributed by atoms with Crippen molar-refractivity contribution in [2.75, 3.05) is 27.4 Å². The number of hydrogen-bond donors (Lipinski definition) is 3. The topological polar surface area (TPSA) is 115 Å². The average molecular weight is 507 g/mol. The molecule has 0 radical (unpaired) electrons. The summed E-state index contributed by atoms with van der Waals surface area (Å²) in [5, 5.41) is 29.4. The quantitative estimate of drug-likeness (QED) is 0.284. The lowest BCUT2D eigenvalue weighted by Crippen LogP contribution is -2.24. The molecule has 8 nitrogen and oxygen atoms in total. The molecule has 3 atom stereocenters. The zero-order chi connectivity index (χ0) is 26.4. The number of esters is 1. The van der Waals surface area contributed by atoms with Gasteiger partial charge in [-0.05, 0) is 71.5 Å². The Hall–Kier alpha value is -4.17. The third kappa shape index (κ3) is 6.34. The van der Waals surface area contributed by atoms with Crippen molar-refractivity contribution in [3.8, 4) is 28.7 Å². The van der Waals surface area contributed by atoms with Gasteiger partial charge >= 0.3 is 5.97 Å². The molecular formula is C29H30O8. The van der Waals surface area contributed by atoms with Crippen molar-refractivity contribution in [1.82, 2.24) is 0 Å². The fraction of sp³-hybridized carbons (Fsp3) is 0.276. The van der Waals surface area contributed by atoms with Gasteiger partial charge in [0.2, 0.25) is 0 Å². The molecule has 0 saturated carbocycles. The number of benzene rings is 3. The van der Waals surface area contributed by atoms with Gasteiger partial charge in [0, 0.05) is 12.0 Å². The predicted octanol–water partition coefficient (Wildman–Crippen LogP) is 4.62. The molecule has 8 heteroatoms. The van der Waals surface area contributed by atoms with Crippen LogP contribution in [0.25, 0.3) is 6.08 Å². The van der Waals surface area contributed by atoms with Gasteiger partial charge in [0.25, 0.3) is 0 Å². The van der Waals surface area contributed by atoms with E-state index >= 15 is 0 Å². The van der Waals surface area contributed by atoms with E-state index in [1.165, 1.54) is 20.3 Å². The van der Waals surface area contributed by atoms with Gasteiger partial charge in [0.1, 0.15) is 5.75 Å². The second-order valence-electron chi connectivity index (χ2n) is 8.87. The SMILES string of the molecule is COc1cc(C[C@H]2CO[C@@H](c3ccc(O)c(OC)c3)[C@@H]2COC(=O)/C=C/c2ccc(O)cc2)ccc1O. The first-order valence-corrected chi connectivity index (χ1v) is 11.9. The van der Waals surface area contributed by atoms with E-state index in [1.807, 2.05) is 6.07 Å². The first-order valence-electron chi connectivity index (χ1n) is 11.9. The molecule has 3 aromatic carbocycles. The van der Waals surface area contributed by atoms with Crippen LogP contribution in [0, 0.1) is 11.8 Å². The van der Waals surface area contributed by atoms with E-state index in [0.717, 1.165) is 16.7 Å². The van der Waals surface area contributed by atoms with Gasteiger partial charge in [0.15, 0.2) is 23.0 Å². The van der Waals surface area contributed by atoms with Gasteiger partial charge in [-0.15, -0.1) is 0 Å². The van der Waals surface area contributed by atoms with E-state index in [9.17, 15) is 20.1 Å². The zero-order valence-corrected chi connectivity index (χ0v) is 20.7. The molecule has 194 valence electrons. The van der Waals surface area contributed by atoms with Gasteiger partial charge in [-0.3, -0.25) is 0 Å². The fourth-order valence-electron chi connectivity index (χ4n) is 4.50. The monoisotopic (exact) mass is 506 g/mol. The summed E-state index contributed by atoms with van der Waals surface area (Å²) in [5.41, 5.74) is 2.52. The number of hydrogen-bond acceptors (Lipinski definition) is 8. The molecule has 0 amide bonds. The average Bonchev–Trinajstić information content (AvgIpc) is 3.30. The Morgan fingerprint density at radius 2 is 1.62 bits per heavy atom. The lowest BCUT2D eigenvalue weighted by molar-refractivity contribution is -0.139. The standard InChI is InChI=1S/C29H30O8/c1-34-26-14-19(5-10-24(26)31)13-21-16-37-29(20-7-11-25(32)27(15-20)35-2)23(21)17-36-28(33)12-6-18-3-8-22(30)9-4-18/h3-12,14-15,21,23,29-32H,13,16-17H2,1-2H3/b12-6+/t21-,23+,29-/m0/s1. The lowest BCUT2D eigenvalue weighted by Gasteiger charge is -2.23. The molecule has 1 heterocycles. The minimum absolute atomic E-state index is 0.00734. The van der Waals surface area contributed by atoms with Crippen LogP contribution in [0.4, 0.5) is 0 Å². The summed E-state index contributed by atoms with van der Waals surface area (Å²) < 4.78 is 22.3. The van der Waals surface area contributed by atoms with Crippen molar-refractivity contribution in [1.29, 1.82) is 0 Å². The largest absolute Gasteiger partial charge is 0.508 e. The Balaban J connectivity index is 1.52. The molecule has 4 rings (SSSR count). The first-order chi connectivity index (χ1) is 17.9. The minimum atomic E-state index is -0.493. The molecule has 0 unspecified atom stereocenters. The Kier molecular flexibility index (Phi) is 8.20. The molecule has 3 N–H and O–H groups in total. The van der Waals surface area contributed by atoms with E-state index in [-0.39, 0.29) is 41.8 Å². The normalized spacial score (nSPS) is 19.1. The van der Waals surface area contributed by atoms with Crippen LogP contribution in [-0.4, -0.2) is 48.7 Å². The number of carbonyl (C=O) groups excluding carboxylic acids is 1. The molecule has 0 aliphatic carbocycles. The summed E-state index contributed by atoms with van der Waals surface area (Å²) in [6.07, 6.45) is 3.21. The molecule has 0 aromatic heterocycles. The summed E-state index contributed by atoms with van der Waals surface area (Å²) in [4.78, 5) is 12.5. The van der Waals surface area contributed by atoms with Crippen LogP contribution in [0.3, 0.4) is 0 Å². The summed E-state index contributed by atoms with van der Waals surface area (Å²) in [6, 6.07) is 16.7. The summed E-state index contributed by atoms with van der Waals surface area (Å²) >= 11 is 0. The van der Waals surface area contributed by atoms with Crippen LogP contribution in [0.15, 0.2) is 66.7 Å². The van der Waals surface area contributed by atoms with Crippen LogP contribution in [0.1, 0.15) is 22.8 Å². The van der Waals surface area contributed by atoms with Gasteiger partial charge in [-0.25, -0.2) is 4.79 Å². The smallest absolute Gasteiger partial charge is 0.330 e. The van der Waals surface area contributed by atoms with Crippen molar-refractivity contribution in [2.24, 2.45) is 11.8 Å². The molecule has 37 heavy (non-hydrogen) atoms. The number of ether oxygens (including phenoxy) is 4. The summed E-state index contributed by atoms with van der Waals surface area (Å²) in [6.45, 7) is 0.551. The lowest BCUT2D eigenvalue weighted by atomic mass is 9.84. The molecule has 0 bridgehead atoms. The van der Waals surface area contributed by atoms with E-state index in [1.54, 1.807) is 60.7 Å². The Morgan fingerprint density at radius 1 is 0.946 bits per heavy atom. The van der Waals surface area contributed by atoms with Gasteiger partial charge < -0.3 is 34.3 Å². The van der Waals surface area contributed by atoms with E-state index in [0.29, 0.717) is 24.5 Å². The number of phenols is 3. The minimum Gasteiger partial charge on any atom is -0.508 e. The van der Waals surface area contributed by atoms with Crippen LogP contribution >= 0.6 is 0 Å². The van der Waals surface area contributed by atoms with Gasteiger partial charge in [-0.1, -0.05) is 24.3 Å². The highest BCUT2D eigenvalue weighted by Gasteiger charge is 2.39. The third-order valence-electron chi connectivity index (χ3n) is 6.48. The molecule has 1 aliphatic rings. The van der Waals surface area contributed by atoms with Crippen molar-refractivity contribution in [3.63, 3.8) is 0 Å². The van der Waals surface area contributed by atoms with Crippen LogP contribution < -0.4 is 9.47 Å². The van der Waals surface area contributed by atoms with Crippen molar-refractivity contribution < 1.29 is 39.1 Å². The predicted molar refractivity (Wildman–Crippen MR) is 137 cm³/mol. The van der Waals surface area contributed by atoms with Gasteiger partial charge in [0.05, 0.1) is 33.5 Å². The highest BCUT2D eigenvalue weighted by molar-refractivity contribution is 5.87. The third-order valence-corrected chi connectivity index (χ3v) is 6.48. The van der Waals surface area contributed by atoms with E-state index < -0.39 is 5.97 Å². The number of methoxy groups -OCH3 is 2. The second-order valence-corrected chi connectivity index (χ2v) is 8.87. The number of rotatable bonds is 9. The number of aromatic hydroxyl groups is 3. The zero-order valence-electron chi connectivity index (χ0n) is 20.7. The molecule has 0 spiro atoms. The van der Waals surface area contributed by atoms with Crippen molar-refractivity contribution >= 4 is 12.0 Å². The molecule has 1 saturated heterocycles. The van der Waals surface area contributed by atoms with Crippen LogP contribution in [-0.2, 0) is 20.7 Å².